The largest absolute Gasteiger partial charge is 0.492 e. The van der Waals surface area contributed by atoms with Crippen molar-refractivity contribution in [3.63, 3.8) is 0 Å². The first-order valence-electron chi connectivity index (χ1n) is 11.3. The van der Waals surface area contributed by atoms with Gasteiger partial charge in [-0.2, -0.15) is 0 Å². The van der Waals surface area contributed by atoms with Gasteiger partial charge in [-0.1, -0.05) is 54.6 Å². The quantitative estimate of drug-likeness (QED) is 0.565. The zero-order valence-electron chi connectivity index (χ0n) is 18.3. The van der Waals surface area contributed by atoms with Gasteiger partial charge in [0.2, 0.25) is 5.91 Å². The SMILES string of the molecule is O=C1NCC2(C/C=C/CCOc3ccccc31)CCN(C(=O)/C=C/c1ccccc1)CC2. The number of para-hydroxylation sites is 1. The lowest BCUT2D eigenvalue weighted by Crippen LogP contribution is -2.47. The summed E-state index contributed by atoms with van der Waals surface area (Å²) in [6, 6.07) is 17.2. The molecule has 2 heterocycles. The second-order valence-electron chi connectivity index (χ2n) is 8.56. The van der Waals surface area contributed by atoms with Crippen LogP contribution in [0.2, 0.25) is 0 Å². The Morgan fingerprint density at radius 2 is 1.75 bits per heavy atom. The molecule has 5 nitrogen and oxygen atoms in total. The molecule has 0 atom stereocenters. The highest BCUT2D eigenvalue weighted by Gasteiger charge is 2.35. The highest BCUT2D eigenvalue weighted by Crippen LogP contribution is 2.35. The smallest absolute Gasteiger partial charge is 0.255 e. The molecule has 2 aliphatic rings. The monoisotopic (exact) mass is 430 g/mol. The van der Waals surface area contributed by atoms with Gasteiger partial charge in [0.25, 0.3) is 5.91 Å². The summed E-state index contributed by atoms with van der Waals surface area (Å²) in [7, 11) is 0. The predicted octanol–water partition coefficient (Wildman–Crippen LogP) is 4.47. The van der Waals surface area contributed by atoms with Crippen molar-refractivity contribution in [2.45, 2.75) is 25.7 Å². The Morgan fingerprint density at radius 3 is 2.56 bits per heavy atom. The summed E-state index contributed by atoms with van der Waals surface area (Å²) < 4.78 is 5.80. The molecule has 0 unspecified atom stereocenters. The number of nitrogens with one attached hydrogen (secondary N) is 1. The van der Waals surface area contributed by atoms with Crippen molar-refractivity contribution in [3.8, 4) is 5.75 Å². The van der Waals surface area contributed by atoms with Crippen LogP contribution < -0.4 is 10.1 Å². The van der Waals surface area contributed by atoms with E-state index in [2.05, 4.69) is 17.5 Å². The fraction of sp³-hybridized carbons (Fsp3) is 0.333. The molecule has 1 spiro atoms. The molecular formula is C27H30N2O3. The van der Waals surface area contributed by atoms with Gasteiger partial charge in [-0.05, 0) is 54.9 Å². The summed E-state index contributed by atoms with van der Waals surface area (Å²) >= 11 is 0. The van der Waals surface area contributed by atoms with Crippen molar-refractivity contribution < 1.29 is 14.3 Å². The third-order valence-electron chi connectivity index (χ3n) is 6.37. The Bertz CT molecular complexity index is 989. The molecule has 0 radical (unpaired) electrons. The first kappa shape index (κ1) is 21.9. The highest BCUT2D eigenvalue weighted by molar-refractivity contribution is 5.97. The maximum absolute atomic E-state index is 12.9. The van der Waals surface area contributed by atoms with Crippen LogP contribution in [0, 0.1) is 5.41 Å². The van der Waals surface area contributed by atoms with E-state index in [-0.39, 0.29) is 17.2 Å². The molecule has 4 rings (SSSR count). The first-order chi connectivity index (χ1) is 15.7. The van der Waals surface area contributed by atoms with Crippen LogP contribution in [-0.4, -0.2) is 43.0 Å². The number of amides is 2. The number of carbonyl (C=O) groups excluding carboxylic acids is 2. The minimum absolute atomic E-state index is 0.0406. The van der Waals surface area contributed by atoms with E-state index < -0.39 is 0 Å². The summed E-state index contributed by atoms with van der Waals surface area (Å²) in [5.74, 6) is 0.565. The zero-order valence-corrected chi connectivity index (χ0v) is 18.3. The van der Waals surface area contributed by atoms with Gasteiger partial charge in [0.15, 0.2) is 0 Å². The van der Waals surface area contributed by atoms with Crippen LogP contribution in [0.15, 0.2) is 72.8 Å². The van der Waals surface area contributed by atoms with Crippen molar-refractivity contribution in [1.29, 1.82) is 0 Å². The molecule has 32 heavy (non-hydrogen) atoms. The van der Waals surface area contributed by atoms with Crippen LogP contribution in [0.5, 0.6) is 5.75 Å². The number of hydrogen-bond acceptors (Lipinski definition) is 3. The number of allylic oxidation sites excluding steroid dienone is 1. The third kappa shape index (κ3) is 5.47. The molecule has 1 fully saturated rings. The average Bonchev–Trinajstić information content (AvgIpc) is 2.84. The number of likely N-dealkylation sites (tertiary alicyclic amines) is 1. The summed E-state index contributed by atoms with van der Waals surface area (Å²) in [6.07, 6.45) is 11.3. The minimum atomic E-state index is -0.103. The Kier molecular flexibility index (Phi) is 7.05. The van der Waals surface area contributed by atoms with E-state index in [0.717, 1.165) is 31.2 Å². The normalized spacial score (nSPS) is 19.9. The summed E-state index contributed by atoms with van der Waals surface area (Å²) in [5.41, 5.74) is 1.55. The molecule has 2 amide bonds. The number of benzene rings is 2. The van der Waals surface area contributed by atoms with Gasteiger partial charge in [0, 0.05) is 25.7 Å². The lowest BCUT2D eigenvalue weighted by atomic mass is 9.75. The number of nitrogens with zero attached hydrogens (tertiary/aromatic N) is 1. The lowest BCUT2D eigenvalue weighted by molar-refractivity contribution is -0.128. The van der Waals surface area contributed by atoms with Crippen molar-refractivity contribution in [2.24, 2.45) is 5.41 Å². The third-order valence-corrected chi connectivity index (χ3v) is 6.37. The van der Waals surface area contributed by atoms with Crippen LogP contribution in [0.25, 0.3) is 6.08 Å². The Balaban J connectivity index is 1.41. The van der Waals surface area contributed by atoms with Crippen LogP contribution in [0.4, 0.5) is 0 Å². The van der Waals surface area contributed by atoms with Crippen LogP contribution in [0.3, 0.4) is 0 Å². The van der Waals surface area contributed by atoms with E-state index in [1.165, 1.54) is 0 Å². The van der Waals surface area contributed by atoms with Crippen molar-refractivity contribution in [3.05, 3.63) is 84.0 Å². The van der Waals surface area contributed by atoms with E-state index in [1.54, 1.807) is 12.1 Å². The van der Waals surface area contributed by atoms with Crippen LogP contribution >= 0.6 is 0 Å². The van der Waals surface area contributed by atoms with E-state index in [0.29, 0.717) is 37.6 Å². The van der Waals surface area contributed by atoms with E-state index in [4.69, 9.17) is 4.74 Å². The fourth-order valence-electron chi connectivity index (χ4n) is 4.32. The molecule has 2 aliphatic heterocycles. The Hall–Kier alpha value is -3.34. The molecule has 0 aliphatic carbocycles. The van der Waals surface area contributed by atoms with Crippen LogP contribution in [-0.2, 0) is 4.79 Å². The Morgan fingerprint density at radius 1 is 1.00 bits per heavy atom. The van der Waals surface area contributed by atoms with Gasteiger partial charge in [0.05, 0.1) is 12.2 Å². The lowest BCUT2D eigenvalue weighted by Gasteiger charge is -2.41. The van der Waals surface area contributed by atoms with Gasteiger partial charge in [0.1, 0.15) is 5.75 Å². The predicted molar refractivity (Wildman–Crippen MR) is 126 cm³/mol. The molecule has 1 N–H and O–H groups in total. The van der Waals surface area contributed by atoms with Crippen molar-refractivity contribution in [2.75, 3.05) is 26.2 Å². The van der Waals surface area contributed by atoms with Gasteiger partial charge >= 0.3 is 0 Å². The zero-order chi connectivity index (χ0) is 22.2. The van der Waals surface area contributed by atoms with Gasteiger partial charge < -0.3 is 15.0 Å². The number of carbonyl (C=O) groups is 2. The van der Waals surface area contributed by atoms with Crippen molar-refractivity contribution in [1.82, 2.24) is 10.2 Å². The molecule has 2 aromatic rings. The molecule has 0 aromatic heterocycles. The number of hydrogen-bond donors (Lipinski definition) is 1. The Labute approximate surface area is 189 Å². The standard InChI is InChI=1S/C27H30N2O3/c30-25(14-13-22-9-3-1-4-10-22)29-18-16-27(17-19-29)15-7-2-8-20-32-24-12-6-5-11-23(24)26(31)28-21-27/h1-7,9-14H,8,15-21H2,(H,28,31)/b7-2+,14-13+. The van der Waals surface area contributed by atoms with Crippen molar-refractivity contribution >= 4 is 17.9 Å². The van der Waals surface area contributed by atoms with E-state index in [1.807, 2.05) is 59.5 Å². The molecule has 2 aromatic carbocycles. The molecule has 5 heteroatoms. The molecule has 0 saturated carbocycles. The van der Waals surface area contributed by atoms with Gasteiger partial charge in [-0.15, -0.1) is 0 Å². The fourth-order valence-corrected chi connectivity index (χ4v) is 4.32. The van der Waals surface area contributed by atoms with E-state index >= 15 is 0 Å². The van der Waals surface area contributed by atoms with E-state index in [9.17, 15) is 9.59 Å². The van der Waals surface area contributed by atoms with Crippen LogP contribution in [0.1, 0.15) is 41.6 Å². The van der Waals surface area contributed by atoms with Gasteiger partial charge in [-0.25, -0.2) is 0 Å². The molecular weight excluding hydrogens is 400 g/mol. The molecule has 0 bridgehead atoms. The second kappa shape index (κ2) is 10.3. The number of rotatable bonds is 2. The summed E-state index contributed by atoms with van der Waals surface area (Å²) in [4.78, 5) is 27.4. The second-order valence-corrected chi connectivity index (χ2v) is 8.56. The summed E-state index contributed by atoms with van der Waals surface area (Å²) in [5, 5.41) is 3.14. The number of ether oxygens (including phenoxy) is 1. The highest BCUT2D eigenvalue weighted by atomic mass is 16.5. The molecule has 1 saturated heterocycles. The molecule has 166 valence electrons. The minimum Gasteiger partial charge on any atom is -0.492 e. The topological polar surface area (TPSA) is 58.6 Å². The number of piperidine rings is 1. The average molecular weight is 431 g/mol. The first-order valence-corrected chi connectivity index (χ1v) is 11.3. The maximum atomic E-state index is 12.9. The number of fused-ring (bicyclic) bond motifs is 1. The van der Waals surface area contributed by atoms with Gasteiger partial charge in [-0.3, -0.25) is 9.59 Å². The summed E-state index contributed by atoms with van der Waals surface area (Å²) in [6.45, 7) is 2.53. The maximum Gasteiger partial charge on any atom is 0.255 e.